The molecule has 0 saturated carbocycles. The Hall–Kier alpha value is -4.17. The summed E-state index contributed by atoms with van der Waals surface area (Å²) in [6, 6.07) is 29.5. The van der Waals surface area contributed by atoms with Gasteiger partial charge < -0.3 is 0 Å². The van der Waals surface area contributed by atoms with Gasteiger partial charge in [0.2, 0.25) is 0 Å². The van der Waals surface area contributed by atoms with Crippen molar-refractivity contribution >= 4 is 17.2 Å². The second-order valence-electron chi connectivity index (χ2n) is 10.3. The molecular weight excluding hydrogens is 424 g/mol. The zero-order valence-corrected chi connectivity index (χ0v) is 19.3. The monoisotopic (exact) mass is 446 g/mol. The maximum absolute atomic E-state index is 4.90. The molecule has 0 amide bonds. The van der Waals surface area contributed by atoms with Gasteiger partial charge in [-0.1, -0.05) is 66.7 Å². The molecular formula is C33H22N2. The molecule has 0 saturated heterocycles. The predicted molar refractivity (Wildman–Crippen MR) is 141 cm³/mol. The quantitative estimate of drug-likeness (QED) is 0.240. The summed E-state index contributed by atoms with van der Waals surface area (Å²) in [5.74, 6) is 1.09. The van der Waals surface area contributed by atoms with Crippen molar-refractivity contribution in [2.45, 2.75) is 25.7 Å². The summed E-state index contributed by atoms with van der Waals surface area (Å²) >= 11 is 0. The van der Waals surface area contributed by atoms with Crippen LogP contribution in [-0.2, 0) is 25.7 Å². The fourth-order valence-corrected chi connectivity index (χ4v) is 7.18. The molecule has 2 aliphatic heterocycles. The standard InChI is InChI=1S/C33H22N2/c1-3-9-26-19(6-1)14-21-11-12-22-15-24-17-25-16-23-8-5-13-34-33(23)35-28-10-4-2-7-20(28)18-27(32(25)35)30(24)31(22)29(21)26/h1-13,17H,14-16,18H2. The SMILES string of the molecule is c1ccc2c(c1)Cc1ccc3c(c1-2)-c1c(cc2c4c1Cc1ccccc1N4c1ncccc1C2)C3. The van der Waals surface area contributed by atoms with E-state index < -0.39 is 0 Å². The van der Waals surface area contributed by atoms with Crippen LogP contribution < -0.4 is 4.90 Å². The van der Waals surface area contributed by atoms with Crippen molar-refractivity contribution in [3.05, 3.63) is 130 Å². The molecule has 4 aromatic carbocycles. The second kappa shape index (κ2) is 6.28. The van der Waals surface area contributed by atoms with Crippen LogP contribution in [0.1, 0.15) is 44.5 Å². The van der Waals surface area contributed by atoms with Gasteiger partial charge >= 0.3 is 0 Å². The summed E-state index contributed by atoms with van der Waals surface area (Å²) in [5, 5.41) is 0. The Labute approximate surface area is 204 Å². The molecule has 0 bridgehead atoms. The van der Waals surface area contributed by atoms with Crippen molar-refractivity contribution < 1.29 is 0 Å². The van der Waals surface area contributed by atoms with E-state index in [-0.39, 0.29) is 0 Å². The molecule has 9 rings (SSSR count). The molecule has 0 fully saturated rings. The van der Waals surface area contributed by atoms with Gasteiger partial charge in [-0.2, -0.15) is 0 Å². The molecule has 2 nitrogen and oxygen atoms in total. The van der Waals surface area contributed by atoms with Crippen LogP contribution in [0.25, 0.3) is 22.3 Å². The van der Waals surface area contributed by atoms with Crippen LogP contribution in [0.2, 0.25) is 0 Å². The zero-order valence-electron chi connectivity index (χ0n) is 19.3. The molecule has 3 heterocycles. The van der Waals surface area contributed by atoms with Gasteiger partial charge in [0.15, 0.2) is 0 Å². The first kappa shape index (κ1) is 18.2. The lowest BCUT2D eigenvalue weighted by Gasteiger charge is -2.39. The number of benzene rings is 4. The van der Waals surface area contributed by atoms with Gasteiger partial charge in [0.1, 0.15) is 5.82 Å². The Kier molecular flexibility index (Phi) is 3.27. The lowest BCUT2D eigenvalue weighted by Crippen LogP contribution is -2.26. The van der Waals surface area contributed by atoms with Gasteiger partial charge in [-0.05, 0) is 91.7 Å². The number of hydrogen-bond acceptors (Lipinski definition) is 2. The van der Waals surface area contributed by atoms with E-state index in [4.69, 9.17) is 4.98 Å². The third-order valence-corrected chi connectivity index (χ3v) is 8.52. The smallest absolute Gasteiger partial charge is 0.141 e. The molecule has 5 aromatic rings. The summed E-state index contributed by atoms with van der Waals surface area (Å²) in [4.78, 5) is 7.35. The van der Waals surface area contributed by atoms with Crippen LogP contribution in [0.4, 0.5) is 17.2 Å². The Balaban J connectivity index is 1.38. The number of nitrogens with zero attached hydrogens (tertiary/aromatic N) is 2. The van der Waals surface area contributed by atoms with Crippen LogP contribution >= 0.6 is 0 Å². The first-order valence-corrected chi connectivity index (χ1v) is 12.6. The van der Waals surface area contributed by atoms with Gasteiger partial charge in [0.05, 0.1) is 11.4 Å². The third kappa shape index (κ3) is 2.23. The van der Waals surface area contributed by atoms with Crippen molar-refractivity contribution in [1.29, 1.82) is 0 Å². The first-order valence-electron chi connectivity index (χ1n) is 12.6. The number of rotatable bonds is 0. The van der Waals surface area contributed by atoms with E-state index in [9.17, 15) is 0 Å². The minimum absolute atomic E-state index is 0.953. The Bertz CT molecular complexity index is 1750. The van der Waals surface area contributed by atoms with Crippen molar-refractivity contribution in [3.63, 3.8) is 0 Å². The number of para-hydroxylation sites is 1. The summed E-state index contributed by atoms with van der Waals surface area (Å²) < 4.78 is 0. The molecule has 164 valence electrons. The molecule has 0 unspecified atom stereocenters. The molecule has 4 aliphatic rings. The molecule has 0 radical (unpaired) electrons. The fourth-order valence-electron chi connectivity index (χ4n) is 7.18. The number of anilines is 3. The number of aromatic nitrogens is 1. The van der Waals surface area contributed by atoms with E-state index in [1.54, 1.807) is 0 Å². The molecule has 1 aromatic heterocycles. The van der Waals surface area contributed by atoms with Crippen molar-refractivity contribution in [2.24, 2.45) is 0 Å². The summed E-state index contributed by atoms with van der Waals surface area (Å²) in [6.45, 7) is 0. The van der Waals surface area contributed by atoms with Crippen LogP contribution in [-0.4, -0.2) is 4.98 Å². The van der Waals surface area contributed by atoms with Gasteiger partial charge in [-0.3, -0.25) is 4.90 Å². The summed E-state index contributed by atoms with van der Waals surface area (Å²) in [6.07, 6.45) is 5.94. The van der Waals surface area contributed by atoms with E-state index in [0.717, 1.165) is 31.5 Å². The van der Waals surface area contributed by atoms with E-state index >= 15 is 0 Å². The van der Waals surface area contributed by atoms with Crippen LogP contribution in [0.15, 0.2) is 85.1 Å². The minimum Gasteiger partial charge on any atom is -0.294 e. The van der Waals surface area contributed by atoms with E-state index in [2.05, 4.69) is 83.8 Å². The topological polar surface area (TPSA) is 16.1 Å². The highest BCUT2D eigenvalue weighted by molar-refractivity contribution is 6.01. The highest BCUT2D eigenvalue weighted by Gasteiger charge is 2.38. The summed E-state index contributed by atoms with van der Waals surface area (Å²) in [7, 11) is 0. The normalized spacial score (nSPS) is 14.9. The average molecular weight is 447 g/mol. The van der Waals surface area contributed by atoms with Crippen LogP contribution in [0.3, 0.4) is 0 Å². The number of hydrogen-bond donors (Lipinski definition) is 0. The molecule has 35 heavy (non-hydrogen) atoms. The lowest BCUT2D eigenvalue weighted by molar-refractivity contribution is 0.978. The van der Waals surface area contributed by atoms with Gasteiger partial charge in [-0.25, -0.2) is 4.98 Å². The average Bonchev–Trinajstić information content (AvgIpc) is 3.46. The van der Waals surface area contributed by atoms with Gasteiger partial charge in [-0.15, -0.1) is 0 Å². The number of fused-ring (bicyclic) bond motifs is 12. The first-order chi connectivity index (χ1) is 17.3. The maximum Gasteiger partial charge on any atom is 0.141 e. The second-order valence-corrected chi connectivity index (χ2v) is 10.3. The highest BCUT2D eigenvalue weighted by Crippen LogP contribution is 2.57. The lowest BCUT2D eigenvalue weighted by atomic mass is 9.81. The van der Waals surface area contributed by atoms with Crippen molar-refractivity contribution in [1.82, 2.24) is 4.98 Å². The predicted octanol–water partition coefficient (Wildman–Crippen LogP) is 7.50. The summed E-state index contributed by atoms with van der Waals surface area (Å²) in [5.41, 5.74) is 20.1. The van der Waals surface area contributed by atoms with Crippen LogP contribution in [0.5, 0.6) is 0 Å². The molecule has 0 N–H and O–H groups in total. The minimum atomic E-state index is 0.953. The Morgan fingerprint density at radius 3 is 2.23 bits per heavy atom. The van der Waals surface area contributed by atoms with E-state index in [0.29, 0.717) is 0 Å². The third-order valence-electron chi connectivity index (χ3n) is 8.52. The molecule has 0 spiro atoms. The maximum atomic E-state index is 4.90. The van der Waals surface area contributed by atoms with Crippen molar-refractivity contribution in [2.75, 3.05) is 4.90 Å². The fraction of sp³-hybridized carbons (Fsp3) is 0.121. The Morgan fingerprint density at radius 1 is 0.543 bits per heavy atom. The number of pyridine rings is 1. The van der Waals surface area contributed by atoms with E-state index in [1.807, 2.05) is 6.20 Å². The molecule has 2 aliphatic carbocycles. The molecule has 2 heteroatoms. The van der Waals surface area contributed by atoms with Crippen LogP contribution in [0, 0.1) is 0 Å². The van der Waals surface area contributed by atoms with Crippen molar-refractivity contribution in [3.8, 4) is 22.3 Å². The molecule has 0 atom stereocenters. The van der Waals surface area contributed by atoms with Gasteiger partial charge in [0.25, 0.3) is 0 Å². The van der Waals surface area contributed by atoms with Gasteiger partial charge in [0, 0.05) is 19.0 Å². The zero-order chi connectivity index (χ0) is 22.7. The Morgan fingerprint density at radius 2 is 1.29 bits per heavy atom. The largest absolute Gasteiger partial charge is 0.294 e. The van der Waals surface area contributed by atoms with E-state index in [1.165, 1.54) is 78.1 Å². The highest BCUT2D eigenvalue weighted by atomic mass is 15.2.